The smallest absolute Gasteiger partial charge is 0.0898 e. The van der Waals surface area contributed by atoms with Crippen molar-refractivity contribution in [3.8, 4) is 0 Å². The van der Waals surface area contributed by atoms with E-state index in [0.29, 0.717) is 6.04 Å². The van der Waals surface area contributed by atoms with Gasteiger partial charge in [0, 0.05) is 5.38 Å². The Labute approximate surface area is 78.0 Å². The number of aryl methyl sites for hydroxylation is 1. The van der Waals surface area contributed by atoms with Crippen LogP contribution < -0.4 is 5.32 Å². The number of rotatable bonds is 4. The predicted molar refractivity (Wildman–Crippen MR) is 53.6 cm³/mol. The molecule has 1 heterocycles. The summed E-state index contributed by atoms with van der Waals surface area (Å²) >= 11 is 1.72. The molecule has 0 aliphatic heterocycles. The predicted octanol–water partition coefficient (Wildman–Crippen LogP) is 2.51. The maximum Gasteiger partial charge on any atom is 0.0898 e. The third-order valence-electron chi connectivity index (χ3n) is 1.92. The van der Waals surface area contributed by atoms with Crippen molar-refractivity contribution < 1.29 is 0 Å². The first kappa shape index (κ1) is 9.68. The van der Waals surface area contributed by atoms with Crippen LogP contribution >= 0.6 is 11.3 Å². The van der Waals surface area contributed by atoms with Crippen molar-refractivity contribution >= 4 is 11.3 Å². The summed E-state index contributed by atoms with van der Waals surface area (Å²) in [7, 11) is 2.00. The van der Waals surface area contributed by atoms with Gasteiger partial charge in [-0.2, -0.15) is 0 Å². The van der Waals surface area contributed by atoms with Crippen LogP contribution in [0.2, 0.25) is 0 Å². The van der Waals surface area contributed by atoms with Crippen LogP contribution in [0.25, 0.3) is 0 Å². The van der Waals surface area contributed by atoms with Gasteiger partial charge >= 0.3 is 0 Å². The molecule has 1 aromatic heterocycles. The van der Waals surface area contributed by atoms with E-state index in [2.05, 4.69) is 22.6 Å². The second kappa shape index (κ2) is 4.58. The highest BCUT2D eigenvalue weighted by Crippen LogP contribution is 2.19. The minimum atomic E-state index is 0.444. The Kier molecular flexibility index (Phi) is 3.69. The fourth-order valence-electron chi connectivity index (χ4n) is 1.27. The lowest BCUT2D eigenvalue weighted by Gasteiger charge is -2.11. The van der Waals surface area contributed by atoms with Gasteiger partial charge in [0.15, 0.2) is 0 Å². The zero-order valence-corrected chi connectivity index (χ0v) is 8.74. The van der Waals surface area contributed by atoms with Gasteiger partial charge in [0.05, 0.1) is 16.7 Å². The number of thiazole rings is 1. The van der Waals surface area contributed by atoms with E-state index in [-0.39, 0.29) is 0 Å². The summed E-state index contributed by atoms with van der Waals surface area (Å²) in [5.41, 5.74) is 1.20. The van der Waals surface area contributed by atoms with Crippen molar-refractivity contribution in [1.29, 1.82) is 0 Å². The number of hydrogen-bond acceptors (Lipinski definition) is 3. The summed E-state index contributed by atoms with van der Waals surface area (Å²) < 4.78 is 0. The summed E-state index contributed by atoms with van der Waals surface area (Å²) in [5, 5.41) is 6.58. The number of nitrogens with one attached hydrogen (secondary N) is 1. The van der Waals surface area contributed by atoms with Gasteiger partial charge in [0.25, 0.3) is 0 Å². The molecule has 68 valence electrons. The molecule has 0 aliphatic rings. The first-order chi connectivity index (χ1) is 5.77. The van der Waals surface area contributed by atoms with E-state index < -0.39 is 0 Å². The van der Waals surface area contributed by atoms with Crippen molar-refractivity contribution in [2.24, 2.45) is 0 Å². The van der Waals surface area contributed by atoms with Crippen LogP contribution in [0, 0.1) is 6.92 Å². The zero-order chi connectivity index (χ0) is 8.97. The molecular formula is C9H16N2S. The van der Waals surface area contributed by atoms with Crippen molar-refractivity contribution in [2.45, 2.75) is 32.7 Å². The number of hydrogen-bond donors (Lipinski definition) is 1. The molecule has 3 heteroatoms. The highest BCUT2D eigenvalue weighted by Gasteiger charge is 2.10. The number of aromatic nitrogens is 1. The molecule has 0 aromatic carbocycles. The van der Waals surface area contributed by atoms with E-state index in [9.17, 15) is 0 Å². The van der Waals surface area contributed by atoms with Crippen LogP contribution in [0.3, 0.4) is 0 Å². The first-order valence-corrected chi connectivity index (χ1v) is 5.25. The van der Waals surface area contributed by atoms with Crippen molar-refractivity contribution in [3.63, 3.8) is 0 Å². The molecule has 0 amide bonds. The van der Waals surface area contributed by atoms with Gasteiger partial charge in [-0.15, -0.1) is 11.3 Å². The molecule has 1 N–H and O–H groups in total. The molecule has 0 saturated carbocycles. The van der Waals surface area contributed by atoms with Crippen molar-refractivity contribution in [2.75, 3.05) is 7.05 Å². The second-order valence-electron chi connectivity index (χ2n) is 2.92. The second-order valence-corrected chi connectivity index (χ2v) is 3.98. The van der Waals surface area contributed by atoms with Crippen LogP contribution in [0.1, 0.15) is 36.5 Å². The lowest BCUT2D eigenvalue weighted by atomic mass is 10.1. The Balaban J connectivity index is 2.66. The van der Waals surface area contributed by atoms with Crippen LogP contribution in [0.15, 0.2) is 5.38 Å². The van der Waals surface area contributed by atoms with E-state index in [1.54, 1.807) is 11.3 Å². The fraction of sp³-hybridized carbons (Fsp3) is 0.667. The Bertz CT molecular complexity index is 232. The molecule has 12 heavy (non-hydrogen) atoms. The minimum absolute atomic E-state index is 0.444. The summed E-state index contributed by atoms with van der Waals surface area (Å²) in [6.45, 7) is 4.25. The van der Waals surface area contributed by atoms with E-state index in [0.717, 1.165) is 5.01 Å². The summed E-state index contributed by atoms with van der Waals surface area (Å²) in [6, 6.07) is 0.444. The lowest BCUT2D eigenvalue weighted by molar-refractivity contribution is 0.530. The molecule has 0 saturated heterocycles. The topological polar surface area (TPSA) is 24.9 Å². The van der Waals surface area contributed by atoms with Gasteiger partial charge in [-0.3, -0.25) is 0 Å². The Morgan fingerprint density at radius 1 is 1.67 bits per heavy atom. The average molecular weight is 184 g/mol. The molecule has 0 fully saturated rings. The lowest BCUT2D eigenvalue weighted by Crippen LogP contribution is -2.16. The maximum atomic E-state index is 4.46. The summed E-state index contributed by atoms with van der Waals surface area (Å²) in [5.74, 6) is 0. The zero-order valence-electron chi connectivity index (χ0n) is 7.92. The van der Waals surface area contributed by atoms with Crippen LogP contribution in [-0.2, 0) is 0 Å². The molecule has 2 nitrogen and oxygen atoms in total. The SMILES string of the molecule is CCCC(NC)c1csc(C)n1. The molecule has 0 radical (unpaired) electrons. The standard InChI is InChI=1S/C9H16N2S/c1-4-5-8(10-3)9-6-12-7(2)11-9/h6,8,10H,4-5H2,1-3H3. The summed E-state index contributed by atoms with van der Waals surface area (Å²) in [6.07, 6.45) is 2.36. The van der Waals surface area contributed by atoms with Gasteiger partial charge in [0.1, 0.15) is 0 Å². The van der Waals surface area contributed by atoms with Gasteiger partial charge in [-0.1, -0.05) is 13.3 Å². The Morgan fingerprint density at radius 2 is 2.42 bits per heavy atom. The molecule has 1 atom stereocenters. The van der Waals surface area contributed by atoms with E-state index in [4.69, 9.17) is 0 Å². The molecule has 0 bridgehead atoms. The van der Waals surface area contributed by atoms with Crippen molar-refractivity contribution in [3.05, 3.63) is 16.1 Å². The molecule has 1 rings (SSSR count). The van der Waals surface area contributed by atoms with Crippen LogP contribution in [0.5, 0.6) is 0 Å². The normalized spacial score (nSPS) is 13.2. The minimum Gasteiger partial charge on any atom is -0.312 e. The third-order valence-corrected chi connectivity index (χ3v) is 2.71. The van der Waals surface area contributed by atoms with E-state index >= 15 is 0 Å². The van der Waals surface area contributed by atoms with E-state index in [1.807, 2.05) is 14.0 Å². The van der Waals surface area contributed by atoms with Crippen LogP contribution in [-0.4, -0.2) is 12.0 Å². The monoisotopic (exact) mass is 184 g/mol. The maximum absolute atomic E-state index is 4.46. The molecule has 1 aromatic rings. The average Bonchev–Trinajstić information content (AvgIpc) is 2.47. The molecule has 0 aliphatic carbocycles. The van der Waals surface area contributed by atoms with Crippen molar-refractivity contribution in [1.82, 2.24) is 10.3 Å². The number of nitrogens with zero attached hydrogens (tertiary/aromatic N) is 1. The summed E-state index contributed by atoms with van der Waals surface area (Å²) in [4.78, 5) is 4.46. The fourth-order valence-corrected chi connectivity index (χ4v) is 1.94. The highest BCUT2D eigenvalue weighted by molar-refractivity contribution is 7.09. The Morgan fingerprint density at radius 3 is 2.83 bits per heavy atom. The quantitative estimate of drug-likeness (QED) is 0.777. The molecule has 1 unspecified atom stereocenters. The van der Waals surface area contributed by atoms with E-state index in [1.165, 1.54) is 18.5 Å². The van der Waals surface area contributed by atoms with Gasteiger partial charge in [0.2, 0.25) is 0 Å². The molecule has 0 spiro atoms. The third kappa shape index (κ3) is 2.29. The largest absolute Gasteiger partial charge is 0.312 e. The Hall–Kier alpha value is -0.410. The van der Waals surface area contributed by atoms with Gasteiger partial charge in [-0.05, 0) is 20.4 Å². The van der Waals surface area contributed by atoms with Gasteiger partial charge in [-0.25, -0.2) is 4.98 Å². The first-order valence-electron chi connectivity index (χ1n) is 4.37. The molecular weight excluding hydrogens is 168 g/mol. The van der Waals surface area contributed by atoms with Crippen LogP contribution in [0.4, 0.5) is 0 Å². The van der Waals surface area contributed by atoms with Gasteiger partial charge < -0.3 is 5.32 Å². The highest BCUT2D eigenvalue weighted by atomic mass is 32.1.